The molecule has 0 atom stereocenters. The molecular weight excluding hydrogens is 395 g/mol. The van der Waals surface area contributed by atoms with Crippen LogP contribution in [0.1, 0.15) is 0 Å². The number of alkyl halides is 3. The number of nitrogens with one attached hydrogen (secondary N) is 2. The molecule has 0 saturated carbocycles. The third-order valence-corrected chi connectivity index (χ3v) is 5.25. The molecule has 0 spiro atoms. The highest BCUT2D eigenvalue weighted by molar-refractivity contribution is 7.99. The highest BCUT2D eigenvalue weighted by atomic mass is 32.2. The van der Waals surface area contributed by atoms with Gasteiger partial charge in [-0.2, -0.15) is 18.4 Å². The molecule has 0 bridgehead atoms. The van der Waals surface area contributed by atoms with E-state index >= 15 is 0 Å². The van der Waals surface area contributed by atoms with Crippen LogP contribution in [0.2, 0.25) is 0 Å². The number of carbonyl (C=O) groups is 1. The van der Waals surface area contributed by atoms with Crippen molar-refractivity contribution in [3.63, 3.8) is 0 Å². The molecular formula is C18H16F3N3OS2. The summed E-state index contributed by atoms with van der Waals surface area (Å²) in [6, 6.07) is 15.7. The van der Waals surface area contributed by atoms with Crippen LogP contribution < -0.4 is 10.6 Å². The average Bonchev–Trinajstić information content (AvgIpc) is 2.64. The van der Waals surface area contributed by atoms with Gasteiger partial charge in [-0.05, 0) is 24.3 Å². The smallest absolute Gasteiger partial charge is 0.375 e. The van der Waals surface area contributed by atoms with E-state index in [2.05, 4.69) is 10.6 Å². The first kappa shape index (κ1) is 21.0. The number of nitrogens with zero attached hydrogens (tertiary/aromatic N) is 1. The summed E-state index contributed by atoms with van der Waals surface area (Å²) in [5.74, 6) is -1.08. The summed E-state index contributed by atoms with van der Waals surface area (Å²) in [7, 11) is 0. The standard InChI is InChI=1S/C18H16F3N3OS2/c19-18(20,21)12-27-15-7-3-1-5-13(15)23-11-17(25)24-14-6-2-4-8-16(14)26-10-9-22/h1-8,23H,10-12H2,(H,24,25). The molecule has 2 rings (SSSR count). The Kier molecular flexibility index (Phi) is 7.88. The summed E-state index contributed by atoms with van der Waals surface area (Å²) < 4.78 is 37.3. The van der Waals surface area contributed by atoms with Crippen LogP contribution in [0.25, 0.3) is 0 Å². The van der Waals surface area contributed by atoms with Crippen LogP contribution in [0.4, 0.5) is 24.5 Å². The van der Waals surface area contributed by atoms with Gasteiger partial charge in [0.25, 0.3) is 0 Å². The fourth-order valence-electron chi connectivity index (χ4n) is 2.07. The fraction of sp³-hybridized carbons (Fsp3) is 0.222. The number of hydrogen-bond acceptors (Lipinski definition) is 5. The first-order chi connectivity index (χ1) is 12.9. The Bertz CT molecular complexity index is 822. The number of rotatable bonds is 8. The molecule has 0 fully saturated rings. The van der Waals surface area contributed by atoms with Crippen LogP contribution in [0.5, 0.6) is 0 Å². The highest BCUT2D eigenvalue weighted by Gasteiger charge is 2.27. The minimum atomic E-state index is -4.26. The number of halogens is 3. The van der Waals surface area contributed by atoms with Crippen LogP contribution in [0.3, 0.4) is 0 Å². The van der Waals surface area contributed by atoms with E-state index in [4.69, 9.17) is 5.26 Å². The zero-order chi connectivity index (χ0) is 19.7. The van der Waals surface area contributed by atoms with Gasteiger partial charge in [0.1, 0.15) is 0 Å². The molecule has 2 N–H and O–H groups in total. The molecule has 1 amide bonds. The minimum Gasteiger partial charge on any atom is -0.375 e. The summed E-state index contributed by atoms with van der Waals surface area (Å²) in [4.78, 5) is 13.4. The highest BCUT2D eigenvalue weighted by Crippen LogP contribution is 2.32. The van der Waals surface area contributed by atoms with Crippen LogP contribution in [0, 0.1) is 11.3 Å². The molecule has 0 radical (unpaired) electrons. The Hall–Kier alpha value is -2.31. The molecule has 27 heavy (non-hydrogen) atoms. The SMILES string of the molecule is N#CCSc1ccccc1NC(=O)CNc1ccccc1SCC(F)(F)F. The van der Waals surface area contributed by atoms with Crippen LogP contribution in [-0.4, -0.2) is 30.1 Å². The molecule has 2 aromatic carbocycles. The third kappa shape index (κ3) is 7.45. The maximum atomic E-state index is 12.4. The maximum Gasteiger partial charge on any atom is 0.398 e. The van der Waals surface area contributed by atoms with Gasteiger partial charge < -0.3 is 10.6 Å². The summed E-state index contributed by atoms with van der Waals surface area (Å²) in [6.07, 6.45) is -4.26. The molecule has 4 nitrogen and oxygen atoms in total. The lowest BCUT2D eigenvalue weighted by molar-refractivity contribution is -0.114. The molecule has 2 aromatic rings. The maximum absolute atomic E-state index is 12.4. The molecule has 0 heterocycles. The van der Waals surface area contributed by atoms with Crippen molar-refractivity contribution in [2.75, 3.05) is 28.7 Å². The molecule has 9 heteroatoms. The molecule has 0 aromatic heterocycles. The predicted octanol–water partition coefficient (Wildman–Crippen LogP) is 5.01. The number of nitriles is 1. The first-order valence-electron chi connectivity index (χ1n) is 7.80. The molecule has 0 unspecified atom stereocenters. The van der Waals surface area contributed by atoms with Gasteiger partial charge >= 0.3 is 6.18 Å². The Morgan fingerprint density at radius 1 is 1.00 bits per heavy atom. The zero-order valence-corrected chi connectivity index (χ0v) is 15.7. The topological polar surface area (TPSA) is 64.9 Å². The number of para-hydroxylation sites is 2. The van der Waals surface area contributed by atoms with Gasteiger partial charge in [-0.3, -0.25) is 4.79 Å². The fourth-order valence-corrected chi connectivity index (χ4v) is 3.53. The van der Waals surface area contributed by atoms with E-state index in [0.29, 0.717) is 28.0 Å². The van der Waals surface area contributed by atoms with Crippen LogP contribution in [-0.2, 0) is 4.79 Å². The molecule has 0 aliphatic heterocycles. The van der Waals surface area contributed by atoms with E-state index in [1.54, 1.807) is 42.5 Å². The van der Waals surface area contributed by atoms with Crippen molar-refractivity contribution in [2.24, 2.45) is 0 Å². The summed E-state index contributed by atoms with van der Waals surface area (Å²) in [5.41, 5.74) is 1.05. The minimum absolute atomic E-state index is 0.0964. The summed E-state index contributed by atoms with van der Waals surface area (Å²) >= 11 is 1.98. The predicted molar refractivity (Wildman–Crippen MR) is 103 cm³/mol. The Morgan fingerprint density at radius 3 is 2.22 bits per heavy atom. The van der Waals surface area contributed by atoms with E-state index in [1.807, 2.05) is 12.1 Å². The van der Waals surface area contributed by atoms with Crippen molar-refractivity contribution in [1.82, 2.24) is 0 Å². The zero-order valence-electron chi connectivity index (χ0n) is 14.0. The van der Waals surface area contributed by atoms with Gasteiger partial charge in [-0.15, -0.1) is 23.5 Å². The van der Waals surface area contributed by atoms with Crippen molar-refractivity contribution < 1.29 is 18.0 Å². The number of anilines is 2. The van der Waals surface area contributed by atoms with E-state index in [0.717, 1.165) is 4.90 Å². The monoisotopic (exact) mass is 411 g/mol. The van der Waals surface area contributed by atoms with E-state index in [-0.39, 0.29) is 18.2 Å². The van der Waals surface area contributed by atoms with Gasteiger partial charge in [-0.1, -0.05) is 24.3 Å². The Morgan fingerprint density at radius 2 is 1.59 bits per heavy atom. The molecule has 142 valence electrons. The van der Waals surface area contributed by atoms with Gasteiger partial charge in [0.15, 0.2) is 0 Å². The second-order valence-electron chi connectivity index (χ2n) is 5.24. The van der Waals surface area contributed by atoms with Crippen LogP contribution >= 0.6 is 23.5 Å². The van der Waals surface area contributed by atoms with Crippen molar-refractivity contribution in [2.45, 2.75) is 16.0 Å². The normalized spacial score (nSPS) is 10.9. The van der Waals surface area contributed by atoms with Gasteiger partial charge in [0.05, 0.1) is 29.8 Å². The summed E-state index contributed by atoms with van der Waals surface area (Å²) in [5, 5.41) is 14.3. The molecule has 0 aliphatic carbocycles. The number of benzene rings is 2. The lowest BCUT2D eigenvalue weighted by Gasteiger charge is -2.13. The lowest BCUT2D eigenvalue weighted by atomic mass is 10.3. The van der Waals surface area contributed by atoms with Crippen molar-refractivity contribution in [3.05, 3.63) is 48.5 Å². The Labute approximate surface area is 163 Å². The van der Waals surface area contributed by atoms with Gasteiger partial charge in [0, 0.05) is 15.5 Å². The van der Waals surface area contributed by atoms with Crippen molar-refractivity contribution in [1.29, 1.82) is 5.26 Å². The quantitative estimate of drug-likeness (QED) is 0.598. The van der Waals surface area contributed by atoms with E-state index in [9.17, 15) is 18.0 Å². The number of carbonyl (C=O) groups excluding carboxylic acids is 1. The number of amides is 1. The third-order valence-electron chi connectivity index (χ3n) is 3.17. The molecule has 0 aliphatic rings. The largest absolute Gasteiger partial charge is 0.398 e. The van der Waals surface area contributed by atoms with E-state index in [1.165, 1.54) is 11.8 Å². The van der Waals surface area contributed by atoms with Crippen molar-refractivity contribution >= 4 is 40.8 Å². The average molecular weight is 411 g/mol. The number of thioether (sulfide) groups is 2. The molecule has 0 saturated heterocycles. The van der Waals surface area contributed by atoms with E-state index < -0.39 is 11.9 Å². The van der Waals surface area contributed by atoms with Gasteiger partial charge in [0.2, 0.25) is 5.91 Å². The second kappa shape index (κ2) is 10.1. The van der Waals surface area contributed by atoms with Gasteiger partial charge in [-0.25, -0.2) is 0 Å². The number of hydrogen-bond donors (Lipinski definition) is 2. The summed E-state index contributed by atoms with van der Waals surface area (Å²) in [6.45, 7) is -0.0964. The first-order valence-corrected chi connectivity index (χ1v) is 9.77. The van der Waals surface area contributed by atoms with Crippen molar-refractivity contribution in [3.8, 4) is 6.07 Å². The lowest BCUT2D eigenvalue weighted by Crippen LogP contribution is -2.22. The van der Waals surface area contributed by atoms with Crippen LogP contribution in [0.15, 0.2) is 58.3 Å². The second-order valence-corrected chi connectivity index (χ2v) is 7.28. The Balaban J connectivity index is 1.96.